The van der Waals surface area contributed by atoms with E-state index in [2.05, 4.69) is 18.7 Å². The van der Waals surface area contributed by atoms with Crippen LogP contribution in [0.5, 0.6) is 0 Å². The maximum Gasteiger partial charge on any atom is 0.0622 e. The maximum atomic E-state index is 5.73. The van der Waals surface area contributed by atoms with E-state index in [1.54, 1.807) is 0 Å². The van der Waals surface area contributed by atoms with E-state index in [-0.39, 0.29) is 0 Å². The lowest BCUT2D eigenvalue weighted by atomic mass is 9.78. The predicted octanol–water partition coefficient (Wildman–Crippen LogP) is 2.28. The minimum Gasteiger partial charge on any atom is -0.378 e. The van der Waals surface area contributed by atoms with E-state index in [0.29, 0.717) is 0 Å². The van der Waals surface area contributed by atoms with Gasteiger partial charge in [0, 0.05) is 18.1 Å². The maximum absolute atomic E-state index is 5.73. The molecule has 3 rings (SSSR count). The zero-order valence-electron chi connectivity index (χ0n) is 9.98. The van der Waals surface area contributed by atoms with Gasteiger partial charge in [0.1, 0.15) is 0 Å². The molecule has 0 aromatic rings. The van der Waals surface area contributed by atoms with Crippen molar-refractivity contribution in [2.24, 2.45) is 11.8 Å². The van der Waals surface area contributed by atoms with Gasteiger partial charge in [-0.15, -0.1) is 0 Å². The van der Waals surface area contributed by atoms with Gasteiger partial charge in [0.05, 0.1) is 13.2 Å². The van der Waals surface area contributed by atoms with Crippen LogP contribution in [0.1, 0.15) is 39.5 Å². The highest BCUT2D eigenvalue weighted by atomic mass is 16.5. The highest BCUT2D eigenvalue weighted by molar-refractivity contribution is 4.99. The van der Waals surface area contributed by atoms with Crippen LogP contribution in [-0.4, -0.2) is 36.2 Å². The summed E-state index contributed by atoms with van der Waals surface area (Å²) in [5.74, 6) is 1.80. The van der Waals surface area contributed by atoms with E-state index in [1.165, 1.54) is 25.7 Å². The second-order valence-corrected chi connectivity index (χ2v) is 6.00. The molecule has 1 unspecified atom stereocenters. The highest BCUT2D eigenvalue weighted by Gasteiger charge is 2.45. The fourth-order valence-corrected chi connectivity index (χ4v) is 3.50. The van der Waals surface area contributed by atoms with E-state index in [0.717, 1.165) is 43.2 Å². The van der Waals surface area contributed by atoms with Gasteiger partial charge in [-0.25, -0.2) is 0 Å². The van der Waals surface area contributed by atoms with Crippen LogP contribution >= 0.6 is 0 Å². The molecule has 0 N–H and O–H groups in total. The molecule has 2 heteroatoms. The monoisotopic (exact) mass is 209 g/mol. The fourth-order valence-electron chi connectivity index (χ4n) is 3.50. The molecule has 86 valence electrons. The molecule has 0 aromatic heterocycles. The first-order valence-electron chi connectivity index (χ1n) is 6.61. The van der Waals surface area contributed by atoms with Gasteiger partial charge < -0.3 is 4.74 Å². The summed E-state index contributed by atoms with van der Waals surface area (Å²) in [7, 11) is 0. The molecule has 15 heavy (non-hydrogen) atoms. The van der Waals surface area contributed by atoms with E-state index < -0.39 is 0 Å². The SMILES string of the molecule is CC(C)C1C[C@H]2COC[C@@H](C1)N2C1CC1. The minimum atomic E-state index is 0.748. The van der Waals surface area contributed by atoms with Crippen LogP contribution < -0.4 is 0 Å². The Morgan fingerprint density at radius 3 is 2.07 bits per heavy atom. The van der Waals surface area contributed by atoms with E-state index >= 15 is 0 Å². The summed E-state index contributed by atoms with van der Waals surface area (Å²) in [5.41, 5.74) is 0. The summed E-state index contributed by atoms with van der Waals surface area (Å²) in [6, 6.07) is 2.42. The predicted molar refractivity (Wildman–Crippen MR) is 60.8 cm³/mol. The topological polar surface area (TPSA) is 12.5 Å². The molecule has 3 aliphatic rings. The quantitative estimate of drug-likeness (QED) is 0.692. The molecule has 0 radical (unpaired) electrons. The second kappa shape index (κ2) is 3.74. The van der Waals surface area contributed by atoms with Crippen molar-refractivity contribution in [3.63, 3.8) is 0 Å². The van der Waals surface area contributed by atoms with Crippen LogP contribution in [0, 0.1) is 11.8 Å². The Balaban J connectivity index is 1.73. The van der Waals surface area contributed by atoms with Gasteiger partial charge in [0.25, 0.3) is 0 Å². The largest absolute Gasteiger partial charge is 0.378 e. The number of ether oxygens (including phenoxy) is 1. The van der Waals surface area contributed by atoms with Crippen molar-refractivity contribution in [2.75, 3.05) is 13.2 Å². The summed E-state index contributed by atoms with van der Waals surface area (Å²) in [4.78, 5) is 2.81. The molecule has 0 aromatic carbocycles. The normalized spacial score (nSPS) is 42.2. The van der Waals surface area contributed by atoms with Crippen molar-refractivity contribution < 1.29 is 4.74 Å². The van der Waals surface area contributed by atoms with Crippen LogP contribution in [0.15, 0.2) is 0 Å². The second-order valence-electron chi connectivity index (χ2n) is 6.00. The molecule has 2 heterocycles. The Hall–Kier alpha value is -0.0800. The first kappa shape index (κ1) is 10.1. The molecule has 3 fully saturated rings. The molecule has 0 spiro atoms. The summed E-state index contributed by atoms with van der Waals surface area (Å²) < 4.78 is 5.73. The molecular formula is C13H23NO. The van der Waals surface area contributed by atoms with Crippen molar-refractivity contribution in [2.45, 2.75) is 57.7 Å². The zero-order chi connectivity index (χ0) is 10.4. The lowest BCUT2D eigenvalue weighted by Gasteiger charge is -2.49. The van der Waals surface area contributed by atoms with Crippen molar-refractivity contribution in [1.29, 1.82) is 0 Å². The van der Waals surface area contributed by atoms with Crippen LogP contribution in [0.2, 0.25) is 0 Å². The van der Waals surface area contributed by atoms with E-state index in [4.69, 9.17) is 4.74 Å². The van der Waals surface area contributed by atoms with Gasteiger partial charge in [0.15, 0.2) is 0 Å². The van der Waals surface area contributed by atoms with Crippen LogP contribution in [0.3, 0.4) is 0 Å². The molecule has 2 bridgehead atoms. The van der Waals surface area contributed by atoms with Crippen molar-refractivity contribution in [3.8, 4) is 0 Å². The zero-order valence-corrected chi connectivity index (χ0v) is 9.98. The number of fused-ring (bicyclic) bond motifs is 2. The Bertz CT molecular complexity index is 223. The summed E-state index contributed by atoms with van der Waals surface area (Å²) in [5, 5.41) is 0. The molecule has 2 saturated heterocycles. The minimum absolute atomic E-state index is 0.748. The highest BCUT2D eigenvalue weighted by Crippen LogP contribution is 2.41. The number of piperidine rings is 1. The van der Waals surface area contributed by atoms with Crippen LogP contribution in [0.4, 0.5) is 0 Å². The van der Waals surface area contributed by atoms with E-state index in [1.807, 2.05) is 0 Å². The molecule has 3 atom stereocenters. The number of rotatable bonds is 2. The first-order valence-corrected chi connectivity index (χ1v) is 6.61. The van der Waals surface area contributed by atoms with Crippen LogP contribution in [-0.2, 0) is 4.74 Å². The molecule has 1 aliphatic carbocycles. The average molecular weight is 209 g/mol. The molecule has 0 amide bonds. The fraction of sp³-hybridized carbons (Fsp3) is 1.00. The Morgan fingerprint density at radius 1 is 1.00 bits per heavy atom. The van der Waals surface area contributed by atoms with Crippen molar-refractivity contribution in [3.05, 3.63) is 0 Å². The number of hydrogen-bond acceptors (Lipinski definition) is 2. The van der Waals surface area contributed by atoms with Gasteiger partial charge >= 0.3 is 0 Å². The van der Waals surface area contributed by atoms with Crippen molar-refractivity contribution in [1.82, 2.24) is 4.90 Å². The summed E-state index contributed by atoms with van der Waals surface area (Å²) in [6.07, 6.45) is 5.65. The Labute approximate surface area is 93.0 Å². The van der Waals surface area contributed by atoms with Gasteiger partial charge in [-0.2, -0.15) is 0 Å². The lowest BCUT2D eigenvalue weighted by Crippen LogP contribution is -2.58. The standard InChI is InChI=1S/C13H23NO/c1-9(2)10-5-12-7-15-8-13(6-10)14(12)11-3-4-11/h9-13H,3-8H2,1-2H3/t10?,12-,13+. The van der Waals surface area contributed by atoms with E-state index in [9.17, 15) is 0 Å². The summed E-state index contributed by atoms with van der Waals surface area (Å²) in [6.45, 7) is 6.76. The number of hydrogen-bond donors (Lipinski definition) is 0. The van der Waals surface area contributed by atoms with Gasteiger partial charge in [0.2, 0.25) is 0 Å². The molecule has 2 aliphatic heterocycles. The van der Waals surface area contributed by atoms with Gasteiger partial charge in [-0.1, -0.05) is 13.8 Å². The third-order valence-electron chi connectivity index (χ3n) is 4.52. The number of nitrogens with zero attached hydrogens (tertiary/aromatic N) is 1. The Kier molecular flexibility index (Phi) is 2.52. The summed E-state index contributed by atoms with van der Waals surface area (Å²) >= 11 is 0. The third-order valence-corrected chi connectivity index (χ3v) is 4.52. The Morgan fingerprint density at radius 2 is 1.60 bits per heavy atom. The van der Waals surface area contributed by atoms with Gasteiger partial charge in [-0.3, -0.25) is 4.90 Å². The lowest BCUT2D eigenvalue weighted by molar-refractivity contribution is -0.0969. The smallest absolute Gasteiger partial charge is 0.0622 e. The van der Waals surface area contributed by atoms with Crippen LogP contribution in [0.25, 0.3) is 0 Å². The average Bonchev–Trinajstić information content (AvgIpc) is 2.98. The third kappa shape index (κ3) is 1.83. The van der Waals surface area contributed by atoms with Crippen molar-refractivity contribution >= 4 is 0 Å². The first-order chi connectivity index (χ1) is 7.25. The van der Waals surface area contributed by atoms with Gasteiger partial charge in [-0.05, 0) is 37.5 Å². The molecular weight excluding hydrogens is 186 g/mol. The number of morpholine rings is 1. The molecule has 1 saturated carbocycles. The molecule has 2 nitrogen and oxygen atoms in total.